The molecule has 2 N–H and O–H groups in total. The molecule has 25 heavy (non-hydrogen) atoms. The Bertz CT molecular complexity index is 864. The summed E-state index contributed by atoms with van der Waals surface area (Å²) in [6.45, 7) is 5.67. The van der Waals surface area contributed by atoms with Crippen LogP contribution in [0.4, 0.5) is 5.69 Å². The molecular weight excluding hydrogens is 404 g/mol. The molecule has 2 aromatic carbocycles. The summed E-state index contributed by atoms with van der Waals surface area (Å²) < 4.78 is 27.9. The Labute approximate surface area is 157 Å². The standard InChI is InChI=1S/C18H21BrN2O3S/c1-4-13(3)21-25(23,24)16-9-7-15(8-10-16)20-18(22)14-6-5-12(2)17(19)11-14/h5-11,13,21H,4H2,1-3H3,(H,20,22). The lowest BCUT2D eigenvalue weighted by molar-refractivity contribution is 0.102. The number of benzene rings is 2. The number of hydrogen-bond acceptors (Lipinski definition) is 3. The number of anilines is 1. The summed E-state index contributed by atoms with van der Waals surface area (Å²) in [6.07, 6.45) is 0.708. The fraction of sp³-hybridized carbons (Fsp3) is 0.278. The van der Waals surface area contributed by atoms with Crippen molar-refractivity contribution in [2.75, 3.05) is 5.32 Å². The summed E-state index contributed by atoms with van der Waals surface area (Å²) in [7, 11) is -3.55. The highest BCUT2D eigenvalue weighted by atomic mass is 79.9. The average Bonchev–Trinajstić information content (AvgIpc) is 2.57. The van der Waals surface area contributed by atoms with Gasteiger partial charge in [-0.2, -0.15) is 0 Å². The quantitative estimate of drug-likeness (QED) is 0.732. The second kappa shape index (κ2) is 8.12. The molecule has 0 saturated heterocycles. The van der Waals surface area contributed by atoms with Gasteiger partial charge in [0.05, 0.1) is 4.90 Å². The van der Waals surface area contributed by atoms with Crippen molar-refractivity contribution >= 4 is 37.5 Å². The first kappa shape index (κ1) is 19.6. The van der Waals surface area contributed by atoms with E-state index in [0.29, 0.717) is 17.7 Å². The van der Waals surface area contributed by atoms with Crippen LogP contribution in [-0.2, 0) is 10.0 Å². The maximum Gasteiger partial charge on any atom is 0.255 e. The predicted octanol–water partition coefficient (Wildman–Crippen LogP) is 4.09. The highest BCUT2D eigenvalue weighted by Gasteiger charge is 2.16. The van der Waals surface area contributed by atoms with Gasteiger partial charge in [-0.15, -0.1) is 0 Å². The zero-order chi connectivity index (χ0) is 18.6. The monoisotopic (exact) mass is 424 g/mol. The maximum absolute atomic E-state index is 12.3. The van der Waals surface area contributed by atoms with Gasteiger partial charge in [-0.25, -0.2) is 13.1 Å². The van der Waals surface area contributed by atoms with Crippen molar-refractivity contribution in [1.29, 1.82) is 0 Å². The zero-order valence-electron chi connectivity index (χ0n) is 14.3. The van der Waals surface area contributed by atoms with Gasteiger partial charge in [0.15, 0.2) is 0 Å². The molecule has 0 aliphatic heterocycles. The van der Waals surface area contributed by atoms with Crippen molar-refractivity contribution in [3.05, 3.63) is 58.1 Å². The zero-order valence-corrected chi connectivity index (χ0v) is 16.7. The highest BCUT2D eigenvalue weighted by molar-refractivity contribution is 9.10. The van der Waals surface area contributed by atoms with E-state index in [1.807, 2.05) is 26.8 Å². The van der Waals surface area contributed by atoms with Crippen molar-refractivity contribution in [3.63, 3.8) is 0 Å². The molecule has 0 radical (unpaired) electrons. The van der Waals surface area contributed by atoms with Gasteiger partial charge in [-0.05, 0) is 62.2 Å². The molecule has 5 nitrogen and oxygen atoms in total. The molecule has 0 bridgehead atoms. The molecule has 0 fully saturated rings. The van der Waals surface area contributed by atoms with Crippen LogP contribution in [0, 0.1) is 6.92 Å². The largest absolute Gasteiger partial charge is 0.322 e. The Balaban J connectivity index is 2.12. The van der Waals surface area contributed by atoms with E-state index in [4.69, 9.17) is 0 Å². The minimum absolute atomic E-state index is 0.135. The average molecular weight is 425 g/mol. The van der Waals surface area contributed by atoms with Crippen molar-refractivity contribution in [2.24, 2.45) is 0 Å². The number of amides is 1. The lowest BCUT2D eigenvalue weighted by Crippen LogP contribution is -2.31. The lowest BCUT2D eigenvalue weighted by atomic mass is 10.1. The molecule has 0 saturated carbocycles. The van der Waals surface area contributed by atoms with Crippen molar-refractivity contribution in [1.82, 2.24) is 4.72 Å². The molecule has 134 valence electrons. The lowest BCUT2D eigenvalue weighted by Gasteiger charge is -2.12. The summed E-state index contributed by atoms with van der Waals surface area (Å²) in [5.41, 5.74) is 2.09. The Kier molecular flexibility index (Phi) is 6.37. The van der Waals surface area contributed by atoms with Gasteiger partial charge >= 0.3 is 0 Å². The molecule has 1 atom stereocenters. The van der Waals surface area contributed by atoms with Crippen molar-refractivity contribution in [3.8, 4) is 0 Å². The number of carbonyl (C=O) groups excluding carboxylic acids is 1. The Morgan fingerprint density at radius 2 is 1.80 bits per heavy atom. The minimum Gasteiger partial charge on any atom is -0.322 e. The third kappa shape index (κ3) is 5.14. The third-order valence-corrected chi connectivity index (χ3v) is 6.28. The number of rotatable bonds is 6. The van der Waals surface area contributed by atoms with Crippen LogP contribution in [0.5, 0.6) is 0 Å². The van der Waals surface area contributed by atoms with Gasteiger partial charge in [0.2, 0.25) is 10.0 Å². The Hall–Kier alpha value is -1.70. The van der Waals surface area contributed by atoms with Crippen molar-refractivity contribution < 1.29 is 13.2 Å². The Morgan fingerprint density at radius 1 is 1.16 bits per heavy atom. The van der Waals surface area contributed by atoms with E-state index in [-0.39, 0.29) is 16.8 Å². The van der Waals surface area contributed by atoms with Crippen LogP contribution in [0.3, 0.4) is 0 Å². The van der Waals surface area contributed by atoms with Crippen LogP contribution >= 0.6 is 15.9 Å². The van der Waals surface area contributed by atoms with E-state index in [0.717, 1.165) is 10.0 Å². The summed E-state index contributed by atoms with van der Waals surface area (Å²) in [5.74, 6) is -0.256. The molecule has 7 heteroatoms. The van der Waals surface area contributed by atoms with Gasteiger partial charge in [0, 0.05) is 21.8 Å². The van der Waals surface area contributed by atoms with E-state index >= 15 is 0 Å². The van der Waals surface area contributed by atoms with Crippen LogP contribution in [0.15, 0.2) is 51.8 Å². The van der Waals surface area contributed by atoms with Gasteiger partial charge in [0.1, 0.15) is 0 Å². The second-order valence-corrected chi connectivity index (χ2v) is 8.44. The van der Waals surface area contributed by atoms with Crippen molar-refractivity contribution in [2.45, 2.75) is 38.1 Å². The third-order valence-electron chi connectivity index (χ3n) is 3.83. The number of hydrogen-bond donors (Lipinski definition) is 2. The topological polar surface area (TPSA) is 75.3 Å². The predicted molar refractivity (Wildman–Crippen MR) is 103 cm³/mol. The van der Waals surface area contributed by atoms with Gasteiger partial charge in [-0.3, -0.25) is 4.79 Å². The van der Waals surface area contributed by atoms with E-state index in [1.165, 1.54) is 12.1 Å². The molecule has 0 spiro atoms. The van der Waals surface area contributed by atoms with Crippen LogP contribution in [0.2, 0.25) is 0 Å². The Morgan fingerprint density at radius 3 is 2.36 bits per heavy atom. The van der Waals surface area contributed by atoms with Crippen LogP contribution in [0.25, 0.3) is 0 Å². The van der Waals surface area contributed by atoms with Crippen LogP contribution in [0.1, 0.15) is 36.2 Å². The fourth-order valence-electron chi connectivity index (χ4n) is 2.07. The smallest absolute Gasteiger partial charge is 0.255 e. The normalized spacial score (nSPS) is 12.6. The summed E-state index contributed by atoms with van der Waals surface area (Å²) in [4.78, 5) is 12.5. The SMILES string of the molecule is CCC(C)NS(=O)(=O)c1ccc(NC(=O)c2ccc(C)c(Br)c2)cc1. The van der Waals surface area contributed by atoms with Crippen LogP contribution < -0.4 is 10.0 Å². The summed E-state index contributed by atoms with van der Waals surface area (Å²) in [6, 6.07) is 11.3. The van der Waals surface area contributed by atoms with Crippen LogP contribution in [-0.4, -0.2) is 20.4 Å². The second-order valence-electron chi connectivity index (χ2n) is 5.87. The first-order valence-electron chi connectivity index (χ1n) is 7.93. The van der Waals surface area contributed by atoms with E-state index in [2.05, 4.69) is 26.0 Å². The number of sulfonamides is 1. The van der Waals surface area contributed by atoms with E-state index in [9.17, 15) is 13.2 Å². The summed E-state index contributed by atoms with van der Waals surface area (Å²) in [5, 5.41) is 2.76. The number of aryl methyl sites for hydroxylation is 1. The fourth-order valence-corrected chi connectivity index (χ4v) is 3.78. The molecule has 0 aliphatic rings. The number of carbonyl (C=O) groups is 1. The number of nitrogens with one attached hydrogen (secondary N) is 2. The van der Waals surface area contributed by atoms with Gasteiger partial charge in [0.25, 0.3) is 5.91 Å². The van der Waals surface area contributed by atoms with Gasteiger partial charge in [-0.1, -0.05) is 28.9 Å². The van der Waals surface area contributed by atoms with E-state index < -0.39 is 10.0 Å². The molecular formula is C18H21BrN2O3S. The number of halogens is 1. The van der Waals surface area contributed by atoms with E-state index in [1.54, 1.807) is 24.3 Å². The molecule has 2 aromatic rings. The highest BCUT2D eigenvalue weighted by Crippen LogP contribution is 2.19. The molecule has 1 unspecified atom stereocenters. The maximum atomic E-state index is 12.3. The molecule has 0 aliphatic carbocycles. The van der Waals surface area contributed by atoms with Gasteiger partial charge < -0.3 is 5.32 Å². The molecule has 0 aromatic heterocycles. The molecule has 0 heterocycles. The first-order chi connectivity index (χ1) is 11.7. The first-order valence-corrected chi connectivity index (χ1v) is 10.2. The minimum atomic E-state index is -3.55. The summed E-state index contributed by atoms with van der Waals surface area (Å²) >= 11 is 3.40. The molecule has 2 rings (SSSR count). The molecule has 1 amide bonds.